The van der Waals surface area contributed by atoms with Gasteiger partial charge in [0.2, 0.25) is 0 Å². The minimum Gasteiger partial charge on any atom is -0.299 e. The van der Waals surface area contributed by atoms with Gasteiger partial charge in [-0.1, -0.05) is 26.8 Å². The van der Waals surface area contributed by atoms with Crippen molar-refractivity contribution in [3.63, 3.8) is 0 Å². The van der Waals surface area contributed by atoms with Crippen molar-refractivity contribution in [1.29, 1.82) is 0 Å². The van der Waals surface area contributed by atoms with Crippen molar-refractivity contribution >= 4 is 5.78 Å². The molecular formula is C13H20O. The molecule has 0 spiro atoms. The summed E-state index contributed by atoms with van der Waals surface area (Å²) in [7, 11) is 0. The van der Waals surface area contributed by atoms with E-state index in [0.29, 0.717) is 29.0 Å². The molecule has 0 amide bonds. The predicted molar refractivity (Wildman–Crippen MR) is 57.9 cm³/mol. The zero-order valence-corrected chi connectivity index (χ0v) is 9.42. The molecule has 2 aliphatic rings. The van der Waals surface area contributed by atoms with Crippen LogP contribution in [0.25, 0.3) is 0 Å². The number of allylic oxidation sites excluding steroid dienone is 1. The molecule has 1 nitrogen and oxygen atoms in total. The Bertz CT molecular complexity index is 277. The van der Waals surface area contributed by atoms with Crippen molar-refractivity contribution in [3.8, 4) is 0 Å². The smallest absolute Gasteiger partial charge is 0.139 e. The first-order chi connectivity index (χ1) is 6.50. The number of hydrogen-bond acceptors (Lipinski definition) is 1. The Morgan fingerprint density at radius 1 is 1.57 bits per heavy atom. The van der Waals surface area contributed by atoms with Crippen LogP contribution in [0.15, 0.2) is 12.7 Å². The second-order valence-electron chi connectivity index (χ2n) is 5.59. The fourth-order valence-corrected chi connectivity index (χ4v) is 3.62. The van der Waals surface area contributed by atoms with E-state index in [4.69, 9.17) is 0 Å². The third-order valence-corrected chi connectivity index (χ3v) is 4.88. The third kappa shape index (κ3) is 1.04. The van der Waals surface area contributed by atoms with Gasteiger partial charge in [0, 0.05) is 11.8 Å². The van der Waals surface area contributed by atoms with E-state index in [0.717, 1.165) is 12.8 Å². The van der Waals surface area contributed by atoms with Gasteiger partial charge >= 0.3 is 0 Å². The number of fused-ring (bicyclic) bond motifs is 2. The highest BCUT2D eigenvalue weighted by Crippen LogP contribution is 2.60. The fourth-order valence-electron chi connectivity index (χ4n) is 3.62. The third-order valence-electron chi connectivity index (χ3n) is 4.88. The molecule has 1 heteroatoms. The van der Waals surface area contributed by atoms with E-state index in [1.54, 1.807) is 0 Å². The van der Waals surface area contributed by atoms with Gasteiger partial charge in [-0.2, -0.15) is 0 Å². The average molecular weight is 192 g/mol. The molecule has 0 N–H and O–H groups in total. The van der Waals surface area contributed by atoms with Crippen LogP contribution in [0.2, 0.25) is 0 Å². The van der Waals surface area contributed by atoms with Crippen molar-refractivity contribution in [3.05, 3.63) is 12.7 Å². The monoisotopic (exact) mass is 192 g/mol. The van der Waals surface area contributed by atoms with Crippen LogP contribution in [0.3, 0.4) is 0 Å². The standard InChI is InChI=1S/C13H20O/c1-5-6-9-11-7-10(12(9)14)8(2)13(11,3)4/h5,8-11H,1,6-7H2,2-4H3. The number of rotatable bonds is 2. The summed E-state index contributed by atoms with van der Waals surface area (Å²) in [6, 6.07) is 0. The van der Waals surface area contributed by atoms with Crippen molar-refractivity contribution in [2.24, 2.45) is 29.1 Å². The molecule has 4 unspecified atom stereocenters. The predicted octanol–water partition coefficient (Wildman–Crippen LogP) is 3.06. The lowest BCUT2D eigenvalue weighted by atomic mass is 9.64. The summed E-state index contributed by atoms with van der Waals surface area (Å²) < 4.78 is 0. The molecule has 0 radical (unpaired) electrons. The molecule has 2 rings (SSSR count). The number of carbonyl (C=O) groups is 1. The first-order valence-electron chi connectivity index (χ1n) is 5.64. The number of ketones is 1. The summed E-state index contributed by atoms with van der Waals surface area (Å²) in [5.74, 6) is 2.32. The SMILES string of the molecule is C=CCC1C(=O)C2CC1C(C)(C)C2C. The topological polar surface area (TPSA) is 17.1 Å². The van der Waals surface area contributed by atoms with E-state index in [9.17, 15) is 4.79 Å². The first kappa shape index (κ1) is 9.95. The molecule has 2 aliphatic carbocycles. The summed E-state index contributed by atoms with van der Waals surface area (Å²) in [5.41, 5.74) is 0.353. The van der Waals surface area contributed by atoms with Crippen LogP contribution in [0.4, 0.5) is 0 Å². The maximum atomic E-state index is 12.0. The lowest BCUT2D eigenvalue weighted by molar-refractivity contribution is -0.130. The van der Waals surface area contributed by atoms with Gasteiger partial charge in [0.05, 0.1) is 0 Å². The second-order valence-corrected chi connectivity index (χ2v) is 5.59. The maximum absolute atomic E-state index is 12.0. The van der Waals surface area contributed by atoms with Gasteiger partial charge in [-0.15, -0.1) is 6.58 Å². The normalized spacial score (nSPS) is 44.4. The summed E-state index contributed by atoms with van der Waals surface area (Å²) in [6.45, 7) is 10.6. The molecule has 4 atom stereocenters. The Labute approximate surface area is 86.6 Å². The summed E-state index contributed by atoms with van der Waals surface area (Å²) in [5, 5.41) is 0. The maximum Gasteiger partial charge on any atom is 0.139 e. The summed E-state index contributed by atoms with van der Waals surface area (Å²) in [6.07, 6.45) is 3.92. The van der Waals surface area contributed by atoms with E-state index >= 15 is 0 Å². The van der Waals surface area contributed by atoms with E-state index in [-0.39, 0.29) is 5.92 Å². The molecule has 78 valence electrons. The van der Waals surface area contributed by atoms with Gasteiger partial charge in [-0.05, 0) is 30.1 Å². The van der Waals surface area contributed by atoms with Crippen LogP contribution in [-0.4, -0.2) is 5.78 Å². The van der Waals surface area contributed by atoms with E-state index in [1.165, 1.54) is 0 Å². The molecule has 0 heterocycles. The first-order valence-corrected chi connectivity index (χ1v) is 5.64. The largest absolute Gasteiger partial charge is 0.299 e. The lowest BCUT2D eigenvalue weighted by Gasteiger charge is -2.39. The molecule has 2 saturated carbocycles. The van der Waals surface area contributed by atoms with E-state index in [2.05, 4.69) is 27.4 Å². The van der Waals surface area contributed by atoms with Crippen LogP contribution in [-0.2, 0) is 4.79 Å². The highest BCUT2D eigenvalue weighted by atomic mass is 16.1. The molecule has 0 aromatic rings. The minimum atomic E-state index is 0.281. The van der Waals surface area contributed by atoms with Gasteiger partial charge in [-0.3, -0.25) is 4.79 Å². The molecule has 14 heavy (non-hydrogen) atoms. The van der Waals surface area contributed by atoms with Gasteiger partial charge in [0.1, 0.15) is 5.78 Å². The Morgan fingerprint density at radius 3 is 2.71 bits per heavy atom. The zero-order chi connectivity index (χ0) is 10.5. The quantitative estimate of drug-likeness (QED) is 0.614. The van der Waals surface area contributed by atoms with Gasteiger partial charge < -0.3 is 0 Å². The van der Waals surface area contributed by atoms with Gasteiger partial charge in [0.15, 0.2) is 0 Å². The molecular weight excluding hydrogens is 172 g/mol. The van der Waals surface area contributed by atoms with Crippen molar-refractivity contribution in [2.45, 2.75) is 33.6 Å². The molecule has 2 bridgehead atoms. The Balaban J connectivity index is 2.28. The van der Waals surface area contributed by atoms with E-state index in [1.807, 2.05) is 6.08 Å². The molecule has 0 aromatic carbocycles. The minimum absolute atomic E-state index is 0.281. The fraction of sp³-hybridized carbons (Fsp3) is 0.769. The molecule has 0 aliphatic heterocycles. The van der Waals surface area contributed by atoms with Crippen LogP contribution in [0.1, 0.15) is 33.6 Å². The van der Waals surface area contributed by atoms with Crippen LogP contribution in [0.5, 0.6) is 0 Å². The van der Waals surface area contributed by atoms with Gasteiger partial charge in [0.25, 0.3) is 0 Å². The Morgan fingerprint density at radius 2 is 2.21 bits per heavy atom. The lowest BCUT2D eigenvalue weighted by Crippen LogP contribution is -2.39. The highest BCUT2D eigenvalue weighted by molar-refractivity contribution is 5.87. The molecule has 0 saturated heterocycles. The van der Waals surface area contributed by atoms with Crippen molar-refractivity contribution in [2.75, 3.05) is 0 Å². The summed E-state index contributed by atoms with van der Waals surface area (Å²) in [4.78, 5) is 12.0. The number of carbonyl (C=O) groups excluding carboxylic acids is 1. The number of Topliss-reactive ketones (excluding diaryl/α,β-unsaturated/α-hetero) is 1. The number of hydrogen-bond donors (Lipinski definition) is 0. The highest BCUT2D eigenvalue weighted by Gasteiger charge is 2.59. The van der Waals surface area contributed by atoms with Crippen molar-refractivity contribution in [1.82, 2.24) is 0 Å². The average Bonchev–Trinajstić information content (AvgIpc) is 2.54. The van der Waals surface area contributed by atoms with Crippen LogP contribution >= 0.6 is 0 Å². The Hall–Kier alpha value is -0.590. The molecule has 2 fully saturated rings. The zero-order valence-electron chi connectivity index (χ0n) is 9.42. The van der Waals surface area contributed by atoms with Crippen LogP contribution < -0.4 is 0 Å². The van der Waals surface area contributed by atoms with E-state index < -0.39 is 0 Å². The van der Waals surface area contributed by atoms with Gasteiger partial charge in [-0.25, -0.2) is 0 Å². The molecule has 0 aromatic heterocycles. The Kier molecular flexibility index (Phi) is 2.09. The second kappa shape index (κ2) is 2.95. The van der Waals surface area contributed by atoms with Crippen molar-refractivity contribution < 1.29 is 4.79 Å². The summed E-state index contributed by atoms with van der Waals surface area (Å²) >= 11 is 0. The van der Waals surface area contributed by atoms with Crippen LogP contribution in [0, 0.1) is 29.1 Å².